The van der Waals surface area contributed by atoms with Crippen molar-refractivity contribution in [1.82, 2.24) is 10.6 Å². The summed E-state index contributed by atoms with van der Waals surface area (Å²) >= 11 is 0. The number of alkyl carbamates (subject to hydrolysis) is 1. The highest BCUT2D eigenvalue weighted by Crippen LogP contribution is 2.44. The fraction of sp³-hybridized carbons (Fsp3) is 0.464. The van der Waals surface area contributed by atoms with Crippen molar-refractivity contribution in [3.63, 3.8) is 0 Å². The molecule has 186 valence electrons. The summed E-state index contributed by atoms with van der Waals surface area (Å²) in [5, 5.41) is 14.7. The van der Waals surface area contributed by atoms with E-state index >= 15 is 0 Å². The molecule has 1 fully saturated rings. The molecule has 4 rings (SSSR count). The Kier molecular flexibility index (Phi) is 7.73. The lowest BCUT2D eigenvalue weighted by Gasteiger charge is -2.34. The van der Waals surface area contributed by atoms with Gasteiger partial charge in [0.2, 0.25) is 5.91 Å². The molecule has 0 bridgehead atoms. The molecule has 2 amide bonds. The molecule has 0 heterocycles. The summed E-state index contributed by atoms with van der Waals surface area (Å²) in [6, 6.07) is 16.0. The minimum Gasteiger partial charge on any atom is -0.481 e. The second kappa shape index (κ2) is 10.9. The monoisotopic (exact) mass is 478 g/mol. The Balaban J connectivity index is 1.25. The number of fused-ring (bicyclic) bond motifs is 3. The van der Waals surface area contributed by atoms with Crippen molar-refractivity contribution in [2.75, 3.05) is 13.2 Å². The highest BCUT2D eigenvalue weighted by molar-refractivity contribution is 5.79. The van der Waals surface area contributed by atoms with Crippen LogP contribution in [0.2, 0.25) is 0 Å². The summed E-state index contributed by atoms with van der Waals surface area (Å²) < 4.78 is 5.64. The normalized spacial score (nSPS) is 19.3. The van der Waals surface area contributed by atoms with E-state index < -0.39 is 12.1 Å². The first-order valence-electron chi connectivity index (χ1n) is 12.4. The molecule has 1 unspecified atom stereocenters. The maximum Gasteiger partial charge on any atom is 0.407 e. The number of carbonyl (C=O) groups is 3. The maximum absolute atomic E-state index is 12.7. The van der Waals surface area contributed by atoms with E-state index in [0.29, 0.717) is 12.5 Å². The zero-order chi connectivity index (χ0) is 24.9. The van der Waals surface area contributed by atoms with E-state index in [2.05, 4.69) is 34.9 Å². The second-order valence-electron chi connectivity index (χ2n) is 10.1. The molecule has 0 spiro atoms. The van der Waals surface area contributed by atoms with E-state index in [1.807, 2.05) is 38.1 Å². The van der Waals surface area contributed by atoms with Gasteiger partial charge >= 0.3 is 12.1 Å². The molecule has 2 aromatic carbocycles. The first-order valence-corrected chi connectivity index (χ1v) is 12.4. The third kappa shape index (κ3) is 6.02. The predicted molar refractivity (Wildman–Crippen MR) is 133 cm³/mol. The van der Waals surface area contributed by atoms with Crippen LogP contribution in [0.5, 0.6) is 0 Å². The largest absolute Gasteiger partial charge is 0.481 e. The van der Waals surface area contributed by atoms with Gasteiger partial charge in [0.25, 0.3) is 0 Å². The summed E-state index contributed by atoms with van der Waals surface area (Å²) in [6.45, 7) is 4.70. The number of carboxylic acids is 1. The Bertz CT molecular complexity index is 1030. The molecule has 7 nitrogen and oxygen atoms in total. The SMILES string of the molecule is CC(C)C(CC(=O)NCC1CC(CC(=O)O)C1)NC(=O)OCC1c2ccccc2-c2ccccc21. The molecular weight excluding hydrogens is 444 g/mol. The first-order chi connectivity index (χ1) is 16.8. The Labute approximate surface area is 206 Å². The summed E-state index contributed by atoms with van der Waals surface area (Å²) in [5.41, 5.74) is 4.66. The quantitative estimate of drug-likeness (QED) is 0.464. The van der Waals surface area contributed by atoms with Crippen molar-refractivity contribution in [3.05, 3.63) is 59.7 Å². The molecule has 0 saturated heterocycles. The number of rotatable bonds is 10. The van der Waals surface area contributed by atoms with Crippen LogP contribution >= 0.6 is 0 Å². The molecule has 7 heteroatoms. The number of carboxylic acid groups (broad SMARTS) is 1. The van der Waals surface area contributed by atoms with E-state index in [0.717, 1.165) is 24.0 Å². The maximum atomic E-state index is 12.7. The van der Waals surface area contributed by atoms with Gasteiger partial charge in [-0.2, -0.15) is 0 Å². The molecule has 1 saturated carbocycles. The highest BCUT2D eigenvalue weighted by atomic mass is 16.5. The fourth-order valence-electron chi connectivity index (χ4n) is 5.23. The van der Waals surface area contributed by atoms with Crippen LogP contribution in [0.1, 0.15) is 56.6 Å². The van der Waals surface area contributed by atoms with Crippen LogP contribution in [0.3, 0.4) is 0 Å². The standard InChI is InChI=1S/C28H34N2O5/c1-17(2)25(14-26(31)29-15-19-11-18(12-19)13-27(32)33)30-28(34)35-16-24-22-9-5-3-7-20(22)21-8-4-6-10-23(21)24/h3-10,17-19,24-25H,11-16H2,1-2H3,(H,29,31)(H,30,34)(H,32,33). The van der Waals surface area contributed by atoms with E-state index in [-0.39, 0.29) is 49.2 Å². The minimum absolute atomic E-state index is 0.0126. The van der Waals surface area contributed by atoms with Crippen LogP contribution in [0.15, 0.2) is 48.5 Å². The molecular formula is C28H34N2O5. The van der Waals surface area contributed by atoms with Crippen LogP contribution in [-0.4, -0.2) is 42.3 Å². The third-order valence-electron chi connectivity index (χ3n) is 7.24. The number of hydrogen-bond donors (Lipinski definition) is 3. The molecule has 2 aliphatic rings. The summed E-state index contributed by atoms with van der Waals surface area (Å²) in [4.78, 5) is 35.9. The van der Waals surface area contributed by atoms with Gasteiger partial charge in [0.05, 0.1) is 0 Å². The van der Waals surface area contributed by atoms with Gasteiger partial charge < -0.3 is 20.5 Å². The topological polar surface area (TPSA) is 105 Å². The van der Waals surface area contributed by atoms with Gasteiger partial charge in [-0.15, -0.1) is 0 Å². The molecule has 2 aromatic rings. The fourth-order valence-corrected chi connectivity index (χ4v) is 5.23. The second-order valence-corrected chi connectivity index (χ2v) is 10.1. The van der Waals surface area contributed by atoms with Gasteiger partial charge in [0, 0.05) is 31.3 Å². The van der Waals surface area contributed by atoms with Gasteiger partial charge in [0.15, 0.2) is 0 Å². The Hall–Kier alpha value is -3.35. The number of amides is 2. The highest BCUT2D eigenvalue weighted by Gasteiger charge is 2.32. The lowest BCUT2D eigenvalue weighted by Crippen LogP contribution is -2.44. The van der Waals surface area contributed by atoms with Crippen LogP contribution in [0, 0.1) is 17.8 Å². The minimum atomic E-state index is -0.767. The van der Waals surface area contributed by atoms with Gasteiger partial charge in [-0.1, -0.05) is 62.4 Å². The zero-order valence-electron chi connectivity index (χ0n) is 20.3. The molecule has 0 aliphatic heterocycles. The van der Waals surface area contributed by atoms with Crippen molar-refractivity contribution >= 4 is 18.0 Å². The lowest BCUT2D eigenvalue weighted by molar-refractivity contribution is -0.139. The van der Waals surface area contributed by atoms with Gasteiger partial charge in [-0.3, -0.25) is 9.59 Å². The van der Waals surface area contributed by atoms with E-state index in [1.165, 1.54) is 11.1 Å². The Morgan fingerprint density at radius 3 is 2.14 bits per heavy atom. The Morgan fingerprint density at radius 2 is 1.57 bits per heavy atom. The molecule has 35 heavy (non-hydrogen) atoms. The third-order valence-corrected chi connectivity index (χ3v) is 7.24. The van der Waals surface area contributed by atoms with Gasteiger partial charge in [-0.25, -0.2) is 4.79 Å². The first kappa shape index (κ1) is 24.8. The van der Waals surface area contributed by atoms with Crippen molar-refractivity contribution in [1.29, 1.82) is 0 Å². The van der Waals surface area contributed by atoms with Crippen molar-refractivity contribution < 1.29 is 24.2 Å². The average Bonchev–Trinajstić information content (AvgIpc) is 3.12. The van der Waals surface area contributed by atoms with E-state index in [1.54, 1.807) is 0 Å². The van der Waals surface area contributed by atoms with E-state index in [4.69, 9.17) is 9.84 Å². The molecule has 0 radical (unpaired) electrons. The van der Waals surface area contributed by atoms with Crippen LogP contribution < -0.4 is 10.6 Å². The van der Waals surface area contributed by atoms with Crippen LogP contribution in [0.25, 0.3) is 11.1 Å². The van der Waals surface area contributed by atoms with Crippen molar-refractivity contribution in [3.8, 4) is 11.1 Å². The summed E-state index contributed by atoms with van der Waals surface area (Å²) in [7, 11) is 0. The molecule has 1 atom stereocenters. The number of nitrogens with one attached hydrogen (secondary N) is 2. The Morgan fingerprint density at radius 1 is 0.971 bits per heavy atom. The van der Waals surface area contributed by atoms with Crippen LogP contribution in [0.4, 0.5) is 4.79 Å². The van der Waals surface area contributed by atoms with Gasteiger partial charge in [-0.05, 0) is 52.8 Å². The number of ether oxygens (including phenoxy) is 1. The molecule has 0 aromatic heterocycles. The van der Waals surface area contributed by atoms with E-state index in [9.17, 15) is 14.4 Å². The van der Waals surface area contributed by atoms with Crippen molar-refractivity contribution in [2.45, 2.75) is 51.5 Å². The van der Waals surface area contributed by atoms with Crippen LogP contribution in [-0.2, 0) is 14.3 Å². The predicted octanol–water partition coefficient (Wildman–Crippen LogP) is 4.56. The molecule has 2 aliphatic carbocycles. The summed E-state index contributed by atoms with van der Waals surface area (Å²) in [6.07, 6.45) is 1.52. The number of hydrogen-bond acceptors (Lipinski definition) is 4. The average molecular weight is 479 g/mol. The van der Waals surface area contributed by atoms with Gasteiger partial charge in [0.1, 0.15) is 6.61 Å². The zero-order valence-corrected chi connectivity index (χ0v) is 20.3. The molecule has 3 N–H and O–H groups in total. The number of benzene rings is 2. The number of carbonyl (C=O) groups excluding carboxylic acids is 2. The smallest absolute Gasteiger partial charge is 0.407 e. The lowest BCUT2D eigenvalue weighted by atomic mass is 9.73. The number of aliphatic carboxylic acids is 1. The summed E-state index contributed by atoms with van der Waals surface area (Å²) in [5.74, 6) is -0.295. The van der Waals surface area contributed by atoms with Crippen molar-refractivity contribution in [2.24, 2.45) is 17.8 Å².